The first-order valence-electron chi connectivity index (χ1n) is 7.35. The van der Waals surface area contributed by atoms with Crippen molar-refractivity contribution in [3.05, 3.63) is 29.8 Å². The lowest BCUT2D eigenvalue weighted by atomic mass is 10.0. The molecular weight excluding hydrogens is 282 g/mol. The quantitative estimate of drug-likeness (QED) is 0.662. The molecule has 0 saturated carbocycles. The number of nitrogens with two attached hydrogens (primary N) is 1. The average molecular weight is 307 g/mol. The smallest absolute Gasteiger partial charge is 0.239 e. The maximum absolute atomic E-state index is 11.7. The number of hydrogen-bond donors (Lipinski definition) is 3. The first-order valence-corrected chi connectivity index (χ1v) is 7.35. The molecule has 6 nitrogen and oxygen atoms in total. The molecule has 0 saturated heterocycles. The first kappa shape index (κ1) is 18.0. The van der Waals surface area contributed by atoms with Gasteiger partial charge in [-0.05, 0) is 30.0 Å². The monoisotopic (exact) mass is 307 g/mol. The highest BCUT2D eigenvalue weighted by Gasteiger charge is 2.15. The fourth-order valence-electron chi connectivity index (χ4n) is 1.92. The molecule has 0 spiro atoms. The molecule has 0 aliphatic carbocycles. The third-order valence-electron chi connectivity index (χ3n) is 3.13. The number of benzene rings is 1. The van der Waals surface area contributed by atoms with Crippen molar-refractivity contribution in [3.63, 3.8) is 0 Å². The molecule has 2 amide bonds. The highest BCUT2D eigenvalue weighted by molar-refractivity contribution is 5.87. The van der Waals surface area contributed by atoms with Gasteiger partial charge in [0.2, 0.25) is 11.8 Å². The van der Waals surface area contributed by atoms with Gasteiger partial charge in [0.15, 0.2) is 0 Å². The minimum atomic E-state index is -0.575. The molecule has 0 fully saturated rings. The Labute approximate surface area is 131 Å². The van der Waals surface area contributed by atoms with Crippen molar-refractivity contribution in [2.75, 3.05) is 13.7 Å². The van der Waals surface area contributed by atoms with Crippen LogP contribution in [0.1, 0.15) is 25.8 Å². The summed E-state index contributed by atoms with van der Waals surface area (Å²) in [6.07, 6.45) is 0.597. The first-order chi connectivity index (χ1) is 10.4. The van der Waals surface area contributed by atoms with Crippen molar-refractivity contribution in [3.8, 4) is 5.75 Å². The Morgan fingerprint density at radius 1 is 1.18 bits per heavy atom. The lowest BCUT2D eigenvalue weighted by Gasteiger charge is -2.14. The van der Waals surface area contributed by atoms with Gasteiger partial charge in [-0.2, -0.15) is 0 Å². The number of amides is 2. The van der Waals surface area contributed by atoms with Crippen molar-refractivity contribution in [2.45, 2.75) is 32.9 Å². The van der Waals surface area contributed by atoms with Gasteiger partial charge in [-0.15, -0.1) is 0 Å². The van der Waals surface area contributed by atoms with Crippen LogP contribution in [0.3, 0.4) is 0 Å². The van der Waals surface area contributed by atoms with Gasteiger partial charge in [-0.25, -0.2) is 0 Å². The molecule has 0 aliphatic heterocycles. The van der Waals surface area contributed by atoms with E-state index < -0.39 is 6.04 Å². The summed E-state index contributed by atoms with van der Waals surface area (Å²) in [7, 11) is 1.60. The summed E-state index contributed by atoms with van der Waals surface area (Å²) in [6.45, 7) is 4.32. The second-order valence-electron chi connectivity index (χ2n) is 5.58. The summed E-state index contributed by atoms with van der Waals surface area (Å²) in [5.74, 6) is 0.556. The number of ether oxygens (including phenoxy) is 1. The van der Waals surface area contributed by atoms with Gasteiger partial charge in [0.05, 0.1) is 19.7 Å². The van der Waals surface area contributed by atoms with Gasteiger partial charge in [0.1, 0.15) is 5.75 Å². The number of rotatable bonds is 8. The largest absolute Gasteiger partial charge is 0.497 e. The Kier molecular flexibility index (Phi) is 7.39. The van der Waals surface area contributed by atoms with E-state index in [2.05, 4.69) is 10.6 Å². The molecule has 1 atom stereocenters. The molecule has 0 bridgehead atoms. The number of methoxy groups -OCH3 is 1. The maximum Gasteiger partial charge on any atom is 0.239 e. The fraction of sp³-hybridized carbons (Fsp3) is 0.500. The molecule has 22 heavy (non-hydrogen) atoms. The van der Waals surface area contributed by atoms with Gasteiger partial charge in [-0.3, -0.25) is 9.59 Å². The number of hydrogen-bond acceptors (Lipinski definition) is 4. The van der Waals surface area contributed by atoms with Crippen LogP contribution in [0.4, 0.5) is 0 Å². The van der Waals surface area contributed by atoms with Crippen LogP contribution in [-0.4, -0.2) is 31.5 Å². The molecule has 1 aromatic rings. The lowest BCUT2D eigenvalue weighted by molar-refractivity contribution is -0.127. The SMILES string of the molecule is COc1ccc(CNC(=O)CNC(=O)[C@@H](N)CC(C)C)cc1. The molecule has 0 aromatic heterocycles. The van der Waals surface area contributed by atoms with E-state index in [1.165, 1.54) is 0 Å². The van der Waals surface area contributed by atoms with Crippen molar-refractivity contribution in [2.24, 2.45) is 11.7 Å². The number of carbonyl (C=O) groups is 2. The van der Waals surface area contributed by atoms with E-state index in [1.807, 2.05) is 38.1 Å². The predicted molar refractivity (Wildman–Crippen MR) is 85.3 cm³/mol. The molecule has 0 aliphatic rings. The van der Waals surface area contributed by atoms with Crippen LogP contribution in [0.25, 0.3) is 0 Å². The Morgan fingerprint density at radius 2 is 1.82 bits per heavy atom. The highest BCUT2D eigenvalue weighted by atomic mass is 16.5. The van der Waals surface area contributed by atoms with Crippen LogP contribution in [0.2, 0.25) is 0 Å². The van der Waals surface area contributed by atoms with Gasteiger partial charge in [0, 0.05) is 6.54 Å². The van der Waals surface area contributed by atoms with Gasteiger partial charge < -0.3 is 21.1 Å². The Balaban J connectivity index is 2.29. The van der Waals surface area contributed by atoms with Crippen LogP contribution in [-0.2, 0) is 16.1 Å². The van der Waals surface area contributed by atoms with Crippen LogP contribution >= 0.6 is 0 Å². The topological polar surface area (TPSA) is 93.5 Å². The Bertz CT molecular complexity index is 486. The van der Waals surface area contributed by atoms with Crippen LogP contribution < -0.4 is 21.1 Å². The molecule has 0 unspecified atom stereocenters. The molecule has 1 rings (SSSR count). The van der Waals surface area contributed by atoms with Crippen LogP contribution in [0.5, 0.6) is 5.75 Å². The minimum Gasteiger partial charge on any atom is -0.497 e. The molecule has 6 heteroatoms. The summed E-state index contributed by atoms with van der Waals surface area (Å²) in [6, 6.07) is 6.82. The molecule has 1 aromatic carbocycles. The maximum atomic E-state index is 11.7. The number of carbonyl (C=O) groups excluding carboxylic acids is 2. The highest BCUT2D eigenvalue weighted by Crippen LogP contribution is 2.10. The predicted octanol–water partition coefficient (Wildman–Crippen LogP) is 0.801. The van der Waals surface area contributed by atoms with Crippen molar-refractivity contribution >= 4 is 11.8 Å². The number of nitrogens with one attached hydrogen (secondary N) is 2. The van der Waals surface area contributed by atoms with Crippen LogP contribution in [0, 0.1) is 5.92 Å². The van der Waals surface area contributed by atoms with E-state index in [0.717, 1.165) is 11.3 Å². The average Bonchev–Trinajstić information content (AvgIpc) is 2.50. The van der Waals surface area contributed by atoms with E-state index in [0.29, 0.717) is 18.9 Å². The third-order valence-corrected chi connectivity index (χ3v) is 3.13. The summed E-state index contributed by atoms with van der Waals surface area (Å²) in [5.41, 5.74) is 6.70. The Hall–Kier alpha value is -2.08. The molecule has 0 heterocycles. The van der Waals surface area contributed by atoms with E-state index in [4.69, 9.17) is 10.5 Å². The zero-order valence-corrected chi connectivity index (χ0v) is 13.4. The van der Waals surface area contributed by atoms with Crippen molar-refractivity contribution in [1.82, 2.24) is 10.6 Å². The minimum absolute atomic E-state index is 0.0687. The molecule has 4 N–H and O–H groups in total. The lowest BCUT2D eigenvalue weighted by Crippen LogP contribution is -2.45. The third kappa shape index (κ3) is 6.58. The van der Waals surface area contributed by atoms with Crippen molar-refractivity contribution in [1.29, 1.82) is 0 Å². The van der Waals surface area contributed by atoms with Crippen LogP contribution in [0.15, 0.2) is 24.3 Å². The van der Waals surface area contributed by atoms with E-state index >= 15 is 0 Å². The van der Waals surface area contributed by atoms with E-state index in [9.17, 15) is 9.59 Å². The molecular formula is C16H25N3O3. The summed E-state index contributed by atoms with van der Waals surface area (Å²) < 4.78 is 5.06. The summed E-state index contributed by atoms with van der Waals surface area (Å²) in [4.78, 5) is 23.4. The second-order valence-corrected chi connectivity index (χ2v) is 5.58. The van der Waals surface area contributed by atoms with E-state index in [-0.39, 0.29) is 18.4 Å². The Morgan fingerprint density at radius 3 is 2.36 bits per heavy atom. The van der Waals surface area contributed by atoms with Gasteiger partial charge in [0.25, 0.3) is 0 Å². The fourth-order valence-corrected chi connectivity index (χ4v) is 1.92. The van der Waals surface area contributed by atoms with Gasteiger partial charge in [-0.1, -0.05) is 26.0 Å². The molecule has 0 radical (unpaired) electrons. The summed E-state index contributed by atoms with van der Waals surface area (Å²) >= 11 is 0. The standard InChI is InChI=1S/C16H25N3O3/c1-11(2)8-14(17)16(21)19-10-15(20)18-9-12-4-6-13(22-3)7-5-12/h4-7,11,14H,8-10,17H2,1-3H3,(H,18,20)(H,19,21)/t14-/m0/s1. The normalized spacial score (nSPS) is 11.9. The zero-order valence-electron chi connectivity index (χ0n) is 13.4. The van der Waals surface area contributed by atoms with E-state index in [1.54, 1.807) is 7.11 Å². The van der Waals surface area contributed by atoms with Gasteiger partial charge >= 0.3 is 0 Å². The molecule has 122 valence electrons. The van der Waals surface area contributed by atoms with Crippen molar-refractivity contribution < 1.29 is 14.3 Å². The zero-order chi connectivity index (χ0) is 16.5. The second kappa shape index (κ2) is 9.04. The summed E-state index contributed by atoms with van der Waals surface area (Å²) in [5, 5.41) is 5.28.